The summed E-state index contributed by atoms with van der Waals surface area (Å²) in [6.07, 6.45) is 0.441. The van der Waals surface area contributed by atoms with E-state index in [0.717, 1.165) is 16.7 Å². The van der Waals surface area contributed by atoms with Crippen LogP contribution >= 0.6 is 0 Å². The Morgan fingerprint density at radius 1 is 1.32 bits per heavy atom. The van der Waals surface area contributed by atoms with E-state index in [1.54, 1.807) is 0 Å². The monoisotopic (exact) mass is 257 g/mol. The van der Waals surface area contributed by atoms with Crippen molar-refractivity contribution in [3.05, 3.63) is 36.4 Å². The van der Waals surface area contributed by atoms with Crippen LogP contribution in [0.1, 0.15) is 6.42 Å². The highest BCUT2D eigenvalue weighted by atomic mass is 16.4. The summed E-state index contributed by atoms with van der Waals surface area (Å²) >= 11 is 0. The minimum absolute atomic E-state index is 0.299. The van der Waals surface area contributed by atoms with E-state index in [1.807, 2.05) is 41.3 Å². The molecule has 1 unspecified atom stereocenters. The van der Waals surface area contributed by atoms with Crippen molar-refractivity contribution in [2.45, 2.75) is 12.0 Å². The zero-order valence-corrected chi connectivity index (χ0v) is 10.4. The maximum absolute atomic E-state index is 11.1. The lowest BCUT2D eigenvalue weighted by molar-refractivity contribution is -0.142. The first-order valence-corrected chi connectivity index (χ1v) is 6.21. The molecule has 1 atom stereocenters. The average Bonchev–Trinajstić information content (AvgIpc) is 2.82. The number of aromatic nitrogens is 1. The van der Waals surface area contributed by atoms with Crippen molar-refractivity contribution in [1.29, 1.82) is 0 Å². The van der Waals surface area contributed by atoms with Crippen molar-refractivity contribution in [3.8, 4) is 0 Å². The number of fused-ring (bicyclic) bond motifs is 1. The Bertz CT molecular complexity index is 643. The fourth-order valence-electron chi connectivity index (χ4n) is 2.43. The Labute approximate surface area is 110 Å². The zero-order valence-electron chi connectivity index (χ0n) is 10.4. The number of para-hydroxylation sites is 1. The average molecular weight is 257 g/mol. The molecule has 2 heterocycles. The van der Waals surface area contributed by atoms with Gasteiger partial charge in [0.15, 0.2) is 0 Å². The maximum atomic E-state index is 11.1. The number of carbonyl (C=O) groups is 1. The minimum atomic E-state index is -1.16. The SMILES string of the molecule is NC1(C(=O)O)CCN(c2ccc3ccccc3n2)C1. The fraction of sp³-hybridized carbons (Fsp3) is 0.286. The molecule has 1 fully saturated rings. The molecule has 3 rings (SSSR count). The van der Waals surface area contributed by atoms with Crippen molar-refractivity contribution in [2.75, 3.05) is 18.0 Å². The lowest BCUT2D eigenvalue weighted by Crippen LogP contribution is -2.50. The van der Waals surface area contributed by atoms with Gasteiger partial charge in [-0.2, -0.15) is 0 Å². The highest BCUT2D eigenvalue weighted by Crippen LogP contribution is 2.25. The van der Waals surface area contributed by atoms with Crippen LogP contribution in [0.3, 0.4) is 0 Å². The molecule has 3 N–H and O–H groups in total. The second-order valence-electron chi connectivity index (χ2n) is 4.99. The van der Waals surface area contributed by atoms with Gasteiger partial charge < -0.3 is 15.7 Å². The van der Waals surface area contributed by atoms with Crippen molar-refractivity contribution in [3.63, 3.8) is 0 Å². The summed E-state index contributed by atoms with van der Waals surface area (Å²) in [5.74, 6) is -0.164. The summed E-state index contributed by atoms with van der Waals surface area (Å²) in [7, 11) is 0. The minimum Gasteiger partial charge on any atom is -0.480 e. The van der Waals surface area contributed by atoms with E-state index in [1.165, 1.54) is 0 Å². The van der Waals surface area contributed by atoms with E-state index in [2.05, 4.69) is 4.98 Å². The van der Waals surface area contributed by atoms with Gasteiger partial charge in [-0.15, -0.1) is 0 Å². The number of aliphatic carboxylic acids is 1. The standard InChI is InChI=1S/C14H15N3O2/c15-14(13(18)19)7-8-17(9-14)12-6-5-10-3-1-2-4-11(10)16-12/h1-6H,7-9,15H2,(H,18,19). The summed E-state index contributed by atoms with van der Waals surface area (Å²) in [6, 6.07) is 11.8. The summed E-state index contributed by atoms with van der Waals surface area (Å²) in [5, 5.41) is 10.2. The van der Waals surface area contributed by atoms with Gasteiger partial charge in [0.2, 0.25) is 0 Å². The van der Waals surface area contributed by atoms with Crippen LogP contribution in [0, 0.1) is 0 Å². The van der Waals surface area contributed by atoms with Gasteiger partial charge in [-0.1, -0.05) is 18.2 Å². The zero-order chi connectivity index (χ0) is 13.5. The number of hydrogen-bond donors (Lipinski definition) is 2. The summed E-state index contributed by atoms with van der Waals surface area (Å²) in [4.78, 5) is 17.6. The number of anilines is 1. The predicted molar refractivity (Wildman–Crippen MR) is 73.1 cm³/mol. The van der Waals surface area contributed by atoms with Gasteiger partial charge >= 0.3 is 5.97 Å². The molecule has 1 aromatic carbocycles. The van der Waals surface area contributed by atoms with E-state index in [0.29, 0.717) is 19.5 Å². The van der Waals surface area contributed by atoms with Crippen LogP contribution in [0.25, 0.3) is 10.9 Å². The second-order valence-corrected chi connectivity index (χ2v) is 4.99. The van der Waals surface area contributed by atoms with Gasteiger partial charge in [0.25, 0.3) is 0 Å². The highest BCUT2D eigenvalue weighted by molar-refractivity contribution is 5.82. The highest BCUT2D eigenvalue weighted by Gasteiger charge is 2.41. The predicted octanol–water partition coefficient (Wildman–Crippen LogP) is 1.23. The summed E-state index contributed by atoms with van der Waals surface area (Å²) in [6.45, 7) is 0.918. The van der Waals surface area contributed by atoms with Crippen molar-refractivity contribution in [2.24, 2.45) is 5.73 Å². The molecule has 98 valence electrons. The van der Waals surface area contributed by atoms with Crippen molar-refractivity contribution >= 4 is 22.7 Å². The molecule has 1 aliphatic heterocycles. The first-order valence-electron chi connectivity index (χ1n) is 6.21. The molecule has 0 radical (unpaired) electrons. The summed E-state index contributed by atoms with van der Waals surface area (Å²) in [5.41, 5.74) is 5.62. The van der Waals surface area contributed by atoms with E-state index >= 15 is 0 Å². The Morgan fingerprint density at radius 2 is 2.11 bits per heavy atom. The van der Waals surface area contributed by atoms with Crippen LogP contribution in [0.5, 0.6) is 0 Å². The lowest BCUT2D eigenvalue weighted by atomic mass is 10.0. The fourth-order valence-corrected chi connectivity index (χ4v) is 2.43. The number of rotatable bonds is 2. The molecule has 2 aromatic rings. The number of carboxylic acids is 1. The molecule has 0 aliphatic carbocycles. The number of benzene rings is 1. The first kappa shape index (κ1) is 11.9. The van der Waals surface area contributed by atoms with Gasteiger partial charge in [0.1, 0.15) is 11.4 Å². The molecule has 5 heteroatoms. The van der Waals surface area contributed by atoms with Crippen LogP contribution in [0.15, 0.2) is 36.4 Å². The molecule has 0 spiro atoms. The molecule has 0 amide bonds. The Hall–Kier alpha value is -2.14. The molecule has 1 aliphatic rings. The van der Waals surface area contributed by atoms with Gasteiger partial charge in [0.05, 0.1) is 5.52 Å². The normalized spacial score (nSPS) is 22.9. The summed E-state index contributed by atoms with van der Waals surface area (Å²) < 4.78 is 0. The smallest absolute Gasteiger partial charge is 0.325 e. The van der Waals surface area contributed by atoms with Gasteiger partial charge in [-0.25, -0.2) is 4.98 Å². The van der Waals surface area contributed by atoms with Crippen LogP contribution in [-0.2, 0) is 4.79 Å². The van der Waals surface area contributed by atoms with Gasteiger partial charge in [0, 0.05) is 18.5 Å². The van der Waals surface area contributed by atoms with Gasteiger partial charge in [-0.3, -0.25) is 4.79 Å². The molecular formula is C14H15N3O2. The van der Waals surface area contributed by atoms with E-state index in [9.17, 15) is 4.79 Å². The third kappa shape index (κ3) is 2.02. The largest absolute Gasteiger partial charge is 0.480 e. The Morgan fingerprint density at radius 3 is 2.84 bits per heavy atom. The molecule has 1 saturated heterocycles. The van der Waals surface area contributed by atoms with Crippen LogP contribution in [-0.4, -0.2) is 34.7 Å². The topological polar surface area (TPSA) is 79.5 Å². The molecular weight excluding hydrogens is 242 g/mol. The number of pyridine rings is 1. The number of hydrogen-bond acceptors (Lipinski definition) is 4. The Balaban J connectivity index is 1.92. The van der Waals surface area contributed by atoms with Crippen molar-refractivity contribution in [1.82, 2.24) is 4.98 Å². The van der Waals surface area contributed by atoms with Crippen LogP contribution < -0.4 is 10.6 Å². The van der Waals surface area contributed by atoms with Crippen molar-refractivity contribution < 1.29 is 9.90 Å². The number of nitrogens with zero attached hydrogens (tertiary/aromatic N) is 2. The first-order chi connectivity index (χ1) is 9.08. The molecule has 5 nitrogen and oxygen atoms in total. The van der Waals surface area contributed by atoms with Crippen LogP contribution in [0.4, 0.5) is 5.82 Å². The maximum Gasteiger partial charge on any atom is 0.325 e. The lowest BCUT2D eigenvalue weighted by Gasteiger charge is -2.21. The van der Waals surface area contributed by atoms with E-state index < -0.39 is 11.5 Å². The molecule has 0 bridgehead atoms. The third-order valence-electron chi connectivity index (χ3n) is 3.63. The molecule has 1 aromatic heterocycles. The third-order valence-corrected chi connectivity index (χ3v) is 3.63. The van der Waals surface area contributed by atoms with E-state index in [4.69, 9.17) is 10.8 Å². The number of nitrogens with two attached hydrogens (primary N) is 1. The second kappa shape index (κ2) is 4.20. The van der Waals surface area contributed by atoms with Gasteiger partial charge in [-0.05, 0) is 24.6 Å². The number of carboxylic acid groups (broad SMARTS) is 1. The molecule has 0 saturated carbocycles. The Kier molecular flexibility index (Phi) is 2.64. The quantitative estimate of drug-likeness (QED) is 0.845. The van der Waals surface area contributed by atoms with E-state index in [-0.39, 0.29) is 0 Å². The van der Waals surface area contributed by atoms with Crippen LogP contribution in [0.2, 0.25) is 0 Å². The molecule has 19 heavy (non-hydrogen) atoms.